The first kappa shape index (κ1) is 15.4. The minimum Gasteiger partial charge on any atom is -0.443 e. The zero-order valence-electron chi connectivity index (χ0n) is 11.7. The zero-order valence-corrected chi connectivity index (χ0v) is 12.5. The largest absolute Gasteiger partial charge is 0.443 e. The Balaban J connectivity index is 2.83. The molecule has 1 aromatic rings. The molecule has 102 valence electrons. The van der Waals surface area contributed by atoms with E-state index in [1.165, 1.54) is 16.3 Å². The summed E-state index contributed by atoms with van der Waals surface area (Å²) in [6.45, 7) is 7.37. The van der Waals surface area contributed by atoms with Crippen molar-refractivity contribution >= 4 is 18.0 Å². The number of nitrogens with zero attached hydrogens (tertiary/aromatic N) is 1. The predicted octanol–water partition coefficient (Wildman–Crippen LogP) is 4.62. The average molecular weight is 277 g/mol. The van der Waals surface area contributed by atoms with Crippen LogP contribution >= 0.6 is 11.9 Å². The van der Waals surface area contributed by atoms with Gasteiger partial charge in [-0.25, -0.2) is 9.10 Å². The van der Waals surface area contributed by atoms with Crippen molar-refractivity contribution in [1.29, 1.82) is 0 Å². The molecule has 0 heterocycles. The molecule has 19 heavy (non-hydrogen) atoms. The molecule has 0 unspecified atom stereocenters. The number of ether oxygens (including phenoxy) is 1. The maximum absolute atomic E-state index is 12.1. The maximum Gasteiger partial charge on any atom is 0.425 e. The Labute approximate surface area is 119 Å². The van der Waals surface area contributed by atoms with Gasteiger partial charge in [-0.3, -0.25) is 0 Å². The van der Waals surface area contributed by atoms with E-state index in [2.05, 4.69) is 5.73 Å². The van der Waals surface area contributed by atoms with Gasteiger partial charge in [0.15, 0.2) is 0 Å². The molecule has 1 rings (SSSR count). The van der Waals surface area contributed by atoms with E-state index >= 15 is 0 Å². The number of amides is 1. The number of carbonyl (C=O) groups excluding carboxylic acids is 1. The molecule has 0 atom stereocenters. The minimum atomic E-state index is -0.518. The molecule has 0 radical (unpaired) electrons. The summed E-state index contributed by atoms with van der Waals surface area (Å²) in [5.41, 5.74) is 2.37. The number of hydrogen-bond acceptors (Lipinski definition) is 3. The van der Waals surface area contributed by atoms with E-state index in [4.69, 9.17) is 4.74 Å². The molecule has 0 N–H and O–H groups in total. The molecule has 0 aromatic heterocycles. The lowest BCUT2D eigenvalue weighted by atomic mass is 10.2. The molecule has 4 heteroatoms. The van der Waals surface area contributed by atoms with Crippen molar-refractivity contribution in [3.63, 3.8) is 0 Å². The Hall–Kier alpha value is -1.64. The first-order chi connectivity index (χ1) is 8.92. The molecule has 0 spiro atoms. The van der Waals surface area contributed by atoms with Gasteiger partial charge in [0.05, 0.1) is 6.20 Å². The van der Waals surface area contributed by atoms with Crippen molar-refractivity contribution < 1.29 is 9.53 Å². The van der Waals surface area contributed by atoms with Crippen LogP contribution in [0.15, 0.2) is 53.2 Å². The second-order valence-corrected chi connectivity index (χ2v) is 5.84. The summed E-state index contributed by atoms with van der Waals surface area (Å²) in [4.78, 5) is 13.0. The first-order valence-electron chi connectivity index (χ1n) is 6.05. The van der Waals surface area contributed by atoms with Gasteiger partial charge in [-0.05, 0) is 57.9 Å². The van der Waals surface area contributed by atoms with Crippen LogP contribution in [0.3, 0.4) is 0 Å². The Kier molecular flexibility index (Phi) is 5.74. The lowest BCUT2D eigenvalue weighted by molar-refractivity contribution is 0.0454. The van der Waals surface area contributed by atoms with Crippen LogP contribution in [-0.4, -0.2) is 16.0 Å². The third-order valence-electron chi connectivity index (χ3n) is 1.88. The minimum absolute atomic E-state index is 0.407. The smallest absolute Gasteiger partial charge is 0.425 e. The van der Waals surface area contributed by atoms with Crippen molar-refractivity contribution in [2.75, 3.05) is 0 Å². The van der Waals surface area contributed by atoms with Gasteiger partial charge in [0, 0.05) is 4.90 Å². The second-order valence-electron chi connectivity index (χ2n) is 4.79. The van der Waals surface area contributed by atoms with Crippen LogP contribution in [0.1, 0.15) is 27.7 Å². The van der Waals surface area contributed by atoms with Crippen LogP contribution in [0, 0.1) is 0 Å². The third kappa shape index (κ3) is 6.18. The van der Waals surface area contributed by atoms with Crippen LogP contribution in [0.5, 0.6) is 0 Å². The topological polar surface area (TPSA) is 29.5 Å². The molecule has 3 nitrogen and oxygen atoms in total. The van der Waals surface area contributed by atoms with Crippen LogP contribution in [0.4, 0.5) is 4.79 Å². The lowest BCUT2D eigenvalue weighted by Crippen LogP contribution is -2.29. The fourth-order valence-corrected chi connectivity index (χ4v) is 1.89. The number of benzene rings is 1. The van der Waals surface area contributed by atoms with E-state index in [0.717, 1.165) is 4.90 Å². The van der Waals surface area contributed by atoms with Gasteiger partial charge in [0.1, 0.15) is 5.60 Å². The molecule has 0 aliphatic rings. The summed E-state index contributed by atoms with van der Waals surface area (Å²) in [5.74, 6) is 0. The highest BCUT2D eigenvalue weighted by Crippen LogP contribution is 2.24. The van der Waals surface area contributed by atoms with E-state index in [-0.39, 0.29) is 0 Å². The van der Waals surface area contributed by atoms with Gasteiger partial charge >= 0.3 is 6.09 Å². The molecule has 0 saturated carbocycles. The third-order valence-corrected chi connectivity index (χ3v) is 2.81. The van der Waals surface area contributed by atoms with Gasteiger partial charge in [-0.15, -0.1) is 5.73 Å². The van der Waals surface area contributed by atoms with E-state index in [0.29, 0.717) is 0 Å². The number of hydrogen-bond donors (Lipinski definition) is 0. The molecule has 1 aromatic carbocycles. The highest BCUT2D eigenvalue weighted by Gasteiger charge is 2.21. The highest BCUT2D eigenvalue weighted by molar-refractivity contribution is 7.97. The molecule has 0 saturated heterocycles. The first-order valence-corrected chi connectivity index (χ1v) is 6.82. The molecular formula is C15H19NO2S. The predicted molar refractivity (Wildman–Crippen MR) is 78.7 cm³/mol. The van der Waals surface area contributed by atoms with Crippen LogP contribution in [-0.2, 0) is 4.74 Å². The normalized spacial score (nSPS) is 10.3. The van der Waals surface area contributed by atoms with Crippen molar-refractivity contribution in [2.45, 2.75) is 38.2 Å². The summed E-state index contributed by atoms with van der Waals surface area (Å²) < 4.78 is 6.78. The summed E-state index contributed by atoms with van der Waals surface area (Å²) in [7, 11) is 0. The van der Waals surface area contributed by atoms with Gasteiger partial charge in [0.25, 0.3) is 0 Å². The average Bonchev–Trinajstić information content (AvgIpc) is 2.33. The second kappa shape index (κ2) is 7.07. The Morgan fingerprint density at radius 2 is 1.95 bits per heavy atom. The maximum atomic E-state index is 12.1. The fraction of sp³-hybridized carbons (Fsp3) is 0.333. The summed E-state index contributed by atoms with van der Waals surface area (Å²) >= 11 is 1.30. The van der Waals surface area contributed by atoms with Gasteiger partial charge in [0.2, 0.25) is 0 Å². The molecule has 0 aliphatic heterocycles. The standard InChI is InChI=1S/C15H19NO2S/c1-5-6-12-16(14(17)18-15(2,3)4)19-13-10-8-7-9-11-13/h5,7-12H,1-4H3. The summed E-state index contributed by atoms with van der Waals surface area (Å²) in [6.07, 6.45) is 2.91. The highest BCUT2D eigenvalue weighted by atomic mass is 32.2. The van der Waals surface area contributed by atoms with Gasteiger partial charge in [-0.1, -0.05) is 18.2 Å². The van der Waals surface area contributed by atoms with Gasteiger partial charge < -0.3 is 4.74 Å². The molecule has 0 aliphatic carbocycles. The van der Waals surface area contributed by atoms with Crippen molar-refractivity contribution in [2.24, 2.45) is 0 Å². The molecule has 0 fully saturated rings. The van der Waals surface area contributed by atoms with Crippen molar-refractivity contribution in [1.82, 2.24) is 4.31 Å². The van der Waals surface area contributed by atoms with Crippen LogP contribution < -0.4 is 0 Å². The monoisotopic (exact) mass is 277 g/mol. The molecule has 0 bridgehead atoms. The summed E-state index contributed by atoms with van der Waals surface area (Å²) in [5, 5.41) is 0. The Morgan fingerprint density at radius 1 is 1.32 bits per heavy atom. The summed E-state index contributed by atoms with van der Waals surface area (Å²) in [6, 6.07) is 9.66. The number of rotatable bonds is 3. The molecular weight excluding hydrogens is 258 g/mol. The van der Waals surface area contributed by atoms with Gasteiger partial charge in [-0.2, -0.15) is 0 Å². The Morgan fingerprint density at radius 3 is 2.47 bits per heavy atom. The fourth-order valence-electron chi connectivity index (χ4n) is 1.16. The van der Waals surface area contributed by atoms with E-state index in [1.807, 2.05) is 58.0 Å². The van der Waals surface area contributed by atoms with E-state index in [1.54, 1.807) is 12.3 Å². The quantitative estimate of drug-likeness (QED) is 0.596. The van der Waals surface area contributed by atoms with E-state index in [9.17, 15) is 4.79 Å². The van der Waals surface area contributed by atoms with Crippen LogP contribution in [0.2, 0.25) is 0 Å². The number of allylic oxidation sites excluding steroid dienone is 1. The van der Waals surface area contributed by atoms with Crippen molar-refractivity contribution in [3.8, 4) is 0 Å². The van der Waals surface area contributed by atoms with Crippen molar-refractivity contribution in [3.05, 3.63) is 48.3 Å². The van der Waals surface area contributed by atoms with Crippen LogP contribution in [0.25, 0.3) is 0 Å². The van der Waals surface area contributed by atoms with E-state index < -0.39 is 11.7 Å². The lowest BCUT2D eigenvalue weighted by Gasteiger charge is -2.23. The SMILES string of the molecule is CC=C=CN(Sc1ccccc1)C(=O)OC(C)(C)C. The Bertz CT molecular complexity index is 471. The number of carbonyl (C=O) groups is 1. The molecule has 1 amide bonds. The zero-order chi connectivity index (χ0) is 14.3.